The molecule has 1 N–H and O–H groups in total. The number of hydrogen-bond acceptors (Lipinski definition) is 4. The van der Waals surface area contributed by atoms with Gasteiger partial charge in [0.2, 0.25) is 0 Å². The topological polar surface area (TPSA) is 55.4 Å². The van der Waals surface area contributed by atoms with E-state index in [2.05, 4.69) is 17.4 Å². The third kappa shape index (κ3) is 4.84. The molecule has 0 spiro atoms. The molecule has 1 aromatic rings. The van der Waals surface area contributed by atoms with Gasteiger partial charge in [0.05, 0.1) is 12.4 Å². The van der Waals surface area contributed by atoms with Gasteiger partial charge in [0.1, 0.15) is 15.6 Å². The van der Waals surface area contributed by atoms with Crippen LogP contribution in [-0.4, -0.2) is 40.1 Å². The van der Waals surface area contributed by atoms with Gasteiger partial charge < -0.3 is 10.1 Å². The lowest BCUT2D eigenvalue weighted by Crippen LogP contribution is -2.20. The predicted molar refractivity (Wildman–Crippen MR) is 76.5 cm³/mol. The van der Waals surface area contributed by atoms with E-state index < -0.39 is 9.84 Å². The van der Waals surface area contributed by atoms with E-state index in [0.717, 1.165) is 38.3 Å². The molecule has 106 valence electrons. The van der Waals surface area contributed by atoms with Gasteiger partial charge in [-0.15, -0.1) is 0 Å². The van der Waals surface area contributed by atoms with Gasteiger partial charge in [-0.3, -0.25) is 0 Å². The summed E-state index contributed by atoms with van der Waals surface area (Å²) in [5.41, 5.74) is 2.61. The van der Waals surface area contributed by atoms with Crippen LogP contribution in [0.5, 0.6) is 5.75 Å². The summed E-state index contributed by atoms with van der Waals surface area (Å²) in [7, 11) is -2.82. The lowest BCUT2D eigenvalue weighted by Gasteiger charge is -2.06. The maximum Gasteiger partial charge on any atom is 0.147 e. The van der Waals surface area contributed by atoms with Crippen LogP contribution in [0.4, 0.5) is 0 Å². The molecule has 0 bridgehead atoms. The van der Waals surface area contributed by atoms with Crippen molar-refractivity contribution >= 4 is 9.84 Å². The van der Waals surface area contributed by atoms with Crippen molar-refractivity contribution in [1.82, 2.24) is 5.32 Å². The summed E-state index contributed by atoms with van der Waals surface area (Å²) in [5.74, 6) is 1.28. The molecule has 1 aliphatic heterocycles. The lowest BCUT2D eigenvalue weighted by molar-refractivity contribution is 0.357. The fourth-order valence-electron chi connectivity index (χ4n) is 2.21. The van der Waals surface area contributed by atoms with Crippen LogP contribution in [0.15, 0.2) is 18.2 Å². The van der Waals surface area contributed by atoms with Crippen molar-refractivity contribution in [3.05, 3.63) is 29.3 Å². The van der Waals surface area contributed by atoms with Gasteiger partial charge in [0.25, 0.3) is 0 Å². The Bertz CT molecular complexity index is 525. The Hall–Kier alpha value is -1.07. The van der Waals surface area contributed by atoms with Gasteiger partial charge in [-0.25, -0.2) is 8.42 Å². The van der Waals surface area contributed by atoms with E-state index >= 15 is 0 Å². The highest BCUT2D eigenvalue weighted by Gasteiger charge is 2.11. The van der Waals surface area contributed by atoms with Crippen LogP contribution in [0.3, 0.4) is 0 Å². The zero-order chi connectivity index (χ0) is 13.7. The van der Waals surface area contributed by atoms with Crippen LogP contribution in [0.2, 0.25) is 0 Å². The highest BCUT2D eigenvalue weighted by Crippen LogP contribution is 2.25. The molecule has 0 aromatic heterocycles. The van der Waals surface area contributed by atoms with Crippen molar-refractivity contribution in [2.75, 3.05) is 31.7 Å². The van der Waals surface area contributed by atoms with E-state index in [1.165, 1.54) is 17.4 Å². The highest BCUT2D eigenvalue weighted by atomic mass is 32.2. The summed E-state index contributed by atoms with van der Waals surface area (Å²) in [4.78, 5) is 0. The molecule has 0 saturated carbocycles. The summed E-state index contributed by atoms with van der Waals surface area (Å²) in [6.45, 7) is 2.42. The van der Waals surface area contributed by atoms with Crippen molar-refractivity contribution in [2.24, 2.45) is 0 Å². The molecule has 1 aromatic carbocycles. The van der Waals surface area contributed by atoms with Crippen molar-refractivity contribution in [1.29, 1.82) is 0 Å². The van der Waals surface area contributed by atoms with Gasteiger partial charge >= 0.3 is 0 Å². The Morgan fingerprint density at radius 2 is 2.16 bits per heavy atom. The molecule has 19 heavy (non-hydrogen) atoms. The number of nitrogens with one attached hydrogen (secondary N) is 1. The molecule has 5 heteroatoms. The Labute approximate surface area is 115 Å². The van der Waals surface area contributed by atoms with Crippen molar-refractivity contribution in [3.63, 3.8) is 0 Å². The smallest absolute Gasteiger partial charge is 0.147 e. The number of fused-ring (bicyclic) bond motifs is 1. The first-order chi connectivity index (χ1) is 9.04. The molecular weight excluding hydrogens is 262 g/mol. The van der Waals surface area contributed by atoms with E-state index in [-0.39, 0.29) is 5.75 Å². The largest absolute Gasteiger partial charge is 0.493 e. The number of sulfone groups is 1. The Morgan fingerprint density at radius 3 is 2.95 bits per heavy atom. The number of rotatable bonds is 7. The normalized spacial score (nSPS) is 14.2. The molecule has 0 saturated heterocycles. The van der Waals surface area contributed by atoms with Gasteiger partial charge in [-0.05, 0) is 43.1 Å². The Kier molecular flexibility index (Phi) is 4.82. The fraction of sp³-hybridized carbons (Fsp3) is 0.571. The molecule has 0 aliphatic carbocycles. The van der Waals surface area contributed by atoms with Crippen molar-refractivity contribution < 1.29 is 13.2 Å². The number of ether oxygens (including phenoxy) is 1. The average Bonchev–Trinajstić information content (AvgIpc) is 2.79. The molecule has 0 atom stereocenters. The van der Waals surface area contributed by atoms with Crippen LogP contribution >= 0.6 is 0 Å². The van der Waals surface area contributed by atoms with Crippen LogP contribution in [0, 0.1) is 0 Å². The molecule has 0 radical (unpaired) electrons. The fourth-order valence-corrected chi connectivity index (χ4v) is 2.88. The van der Waals surface area contributed by atoms with E-state index in [0.29, 0.717) is 6.42 Å². The first-order valence-electron chi connectivity index (χ1n) is 6.68. The zero-order valence-corrected chi connectivity index (χ0v) is 12.1. The molecule has 1 aliphatic rings. The summed E-state index contributed by atoms with van der Waals surface area (Å²) in [6, 6.07) is 6.35. The van der Waals surface area contributed by atoms with E-state index in [9.17, 15) is 8.42 Å². The van der Waals surface area contributed by atoms with Crippen LogP contribution in [0.25, 0.3) is 0 Å². The van der Waals surface area contributed by atoms with Crippen molar-refractivity contribution in [2.45, 2.75) is 19.3 Å². The van der Waals surface area contributed by atoms with E-state index in [4.69, 9.17) is 4.74 Å². The predicted octanol–water partition coefficient (Wildman–Crippen LogP) is 1.19. The van der Waals surface area contributed by atoms with Crippen LogP contribution < -0.4 is 10.1 Å². The van der Waals surface area contributed by atoms with Gasteiger partial charge in [0.15, 0.2) is 0 Å². The van der Waals surface area contributed by atoms with E-state index in [1.54, 1.807) is 0 Å². The minimum absolute atomic E-state index is 0.260. The number of hydrogen-bond donors (Lipinski definition) is 1. The van der Waals surface area contributed by atoms with Crippen LogP contribution in [-0.2, 0) is 22.7 Å². The van der Waals surface area contributed by atoms with Crippen molar-refractivity contribution in [3.8, 4) is 5.75 Å². The maximum absolute atomic E-state index is 11.0. The number of benzene rings is 1. The molecule has 1 heterocycles. The summed E-state index contributed by atoms with van der Waals surface area (Å²) in [5, 5.41) is 3.28. The van der Waals surface area contributed by atoms with E-state index in [1.807, 2.05) is 6.07 Å². The summed E-state index contributed by atoms with van der Waals surface area (Å²) in [6.07, 6.45) is 3.92. The summed E-state index contributed by atoms with van der Waals surface area (Å²) < 4.78 is 27.4. The zero-order valence-electron chi connectivity index (χ0n) is 11.3. The molecule has 0 unspecified atom stereocenters. The monoisotopic (exact) mass is 283 g/mol. The molecule has 0 amide bonds. The summed E-state index contributed by atoms with van der Waals surface area (Å²) >= 11 is 0. The first-order valence-corrected chi connectivity index (χ1v) is 8.74. The highest BCUT2D eigenvalue weighted by molar-refractivity contribution is 7.90. The Balaban J connectivity index is 1.66. The molecule has 4 nitrogen and oxygen atoms in total. The average molecular weight is 283 g/mol. The van der Waals surface area contributed by atoms with Crippen LogP contribution in [0.1, 0.15) is 17.5 Å². The maximum atomic E-state index is 11.0. The second-order valence-electron chi connectivity index (χ2n) is 5.02. The first kappa shape index (κ1) is 14.3. The SMILES string of the molecule is CS(=O)(=O)CCCNCCc1ccc2c(c1)CCO2. The van der Waals surface area contributed by atoms with Gasteiger partial charge in [-0.2, -0.15) is 0 Å². The quantitative estimate of drug-likeness (QED) is 0.764. The minimum atomic E-state index is -2.82. The van der Waals surface area contributed by atoms with Gasteiger partial charge in [0, 0.05) is 12.7 Å². The minimum Gasteiger partial charge on any atom is -0.493 e. The Morgan fingerprint density at radius 1 is 1.32 bits per heavy atom. The van der Waals surface area contributed by atoms with Gasteiger partial charge in [-0.1, -0.05) is 12.1 Å². The third-order valence-corrected chi connectivity index (χ3v) is 4.24. The molecule has 2 rings (SSSR count). The molecular formula is C14H21NO3S. The lowest BCUT2D eigenvalue weighted by atomic mass is 10.1. The molecule has 0 fully saturated rings. The second kappa shape index (κ2) is 6.39. The third-order valence-electron chi connectivity index (χ3n) is 3.21. The second-order valence-corrected chi connectivity index (χ2v) is 7.28. The standard InChI is InChI=1S/C14H21NO3S/c1-19(16,17)10-2-7-15-8-5-12-3-4-14-13(11-12)6-9-18-14/h3-4,11,15H,2,5-10H2,1H3.